The first-order valence-electron chi connectivity index (χ1n) is 9.98. The van der Waals surface area contributed by atoms with Crippen LogP contribution in [0.5, 0.6) is 0 Å². The van der Waals surface area contributed by atoms with Crippen LogP contribution in [-0.4, -0.2) is 56.9 Å². The largest absolute Gasteiger partial charge is 0.481 e. The van der Waals surface area contributed by atoms with Crippen molar-refractivity contribution in [3.8, 4) is 0 Å². The Hall–Kier alpha value is -1.73. The smallest absolute Gasteiger partial charge is 0.303 e. The number of aliphatic hydroxyl groups excluding tert-OH is 3. The van der Waals surface area contributed by atoms with Crippen LogP contribution in [0.25, 0.3) is 0 Å². The van der Waals surface area contributed by atoms with Crippen LogP contribution < -0.4 is 0 Å². The molecule has 0 unspecified atom stereocenters. The molecule has 0 spiro atoms. The van der Waals surface area contributed by atoms with Gasteiger partial charge in [-0.1, -0.05) is 55.5 Å². The minimum Gasteiger partial charge on any atom is -0.481 e. The molecule has 5 atom stereocenters. The molecule has 0 radical (unpaired) electrons. The quantitative estimate of drug-likeness (QED) is 0.358. The van der Waals surface area contributed by atoms with Crippen molar-refractivity contribution < 1.29 is 30.0 Å². The van der Waals surface area contributed by atoms with Crippen molar-refractivity contribution in [2.75, 3.05) is 0 Å². The van der Waals surface area contributed by atoms with Crippen molar-refractivity contribution >= 4 is 5.97 Å². The fourth-order valence-electron chi connectivity index (χ4n) is 2.84. The molecule has 0 aromatic rings. The summed E-state index contributed by atoms with van der Waals surface area (Å²) in [5, 5.41) is 38.8. The lowest BCUT2D eigenvalue weighted by Gasteiger charge is -2.16. The van der Waals surface area contributed by atoms with Crippen LogP contribution in [0.4, 0.5) is 0 Å². The molecule has 1 heterocycles. The maximum Gasteiger partial charge on any atom is 0.303 e. The highest BCUT2D eigenvalue weighted by atomic mass is 16.5. The summed E-state index contributed by atoms with van der Waals surface area (Å²) in [4.78, 5) is 10.4. The van der Waals surface area contributed by atoms with Gasteiger partial charge >= 0.3 is 5.97 Å². The summed E-state index contributed by atoms with van der Waals surface area (Å²) in [6, 6.07) is 0. The fourth-order valence-corrected chi connectivity index (χ4v) is 2.84. The van der Waals surface area contributed by atoms with Crippen molar-refractivity contribution in [1.29, 1.82) is 0 Å². The van der Waals surface area contributed by atoms with Crippen LogP contribution in [0, 0.1) is 0 Å². The molecule has 1 aliphatic heterocycles. The number of carbonyl (C=O) groups is 1. The average molecular weight is 395 g/mol. The van der Waals surface area contributed by atoms with Gasteiger partial charge in [0.1, 0.15) is 6.10 Å². The topological polar surface area (TPSA) is 107 Å². The molecule has 0 aliphatic carbocycles. The third-order valence-corrected chi connectivity index (χ3v) is 4.42. The van der Waals surface area contributed by atoms with Gasteiger partial charge in [-0.2, -0.15) is 0 Å². The second-order valence-corrected chi connectivity index (χ2v) is 6.92. The average Bonchev–Trinajstić information content (AvgIpc) is 3.03. The predicted octanol–water partition coefficient (Wildman–Crippen LogP) is 2.90. The van der Waals surface area contributed by atoms with Crippen molar-refractivity contribution in [2.45, 2.75) is 82.4 Å². The fraction of sp³-hybridized carbons (Fsp3) is 0.591. The van der Waals surface area contributed by atoms with E-state index in [4.69, 9.17) is 9.84 Å². The van der Waals surface area contributed by atoms with Crippen LogP contribution >= 0.6 is 0 Å². The Morgan fingerprint density at radius 2 is 1.82 bits per heavy atom. The highest BCUT2D eigenvalue weighted by Gasteiger charge is 2.35. The van der Waals surface area contributed by atoms with Crippen LogP contribution in [0.1, 0.15) is 51.9 Å². The van der Waals surface area contributed by atoms with Gasteiger partial charge in [-0.15, -0.1) is 0 Å². The van der Waals surface area contributed by atoms with E-state index in [1.54, 1.807) is 24.3 Å². The van der Waals surface area contributed by atoms with E-state index in [-0.39, 0.29) is 6.42 Å². The van der Waals surface area contributed by atoms with Gasteiger partial charge in [-0.3, -0.25) is 4.79 Å². The van der Waals surface area contributed by atoms with E-state index in [1.165, 1.54) is 0 Å². The Labute approximate surface area is 167 Å². The number of allylic oxidation sites excluding steroid dienone is 4. The van der Waals surface area contributed by atoms with E-state index in [2.05, 4.69) is 19.1 Å². The molecule has 0 bridgehead atoms. The third-order valence-electron chi connectivity index (χ3n) is 4.42. The van der Waals surface area contributed by atoms with Crippen molar-refractivity contribution in [2.24, 2.45) is 0 Å². The van der Waals surface area contributed by atoms with E-state index in [1.807, 2.05) is 12.2 Å². The molecule has 6 heteroatoms. The van der Waals surface area contributed by atoms with Gasteiger partial charge < -0.3 is 25.2 Å². The van der Waals surface area contributed by atoms with Crippen LogP contribution in [0.15, 0.2) is 48.6 Å². The molecule has 1 aliphatic rings. The minimum atomic E-state index is -0.849. The van der Waals surface area contributed by atoms with Crippen LogP contribution in [0.3, 0.4) is 0 Å². The van der Waals surface area contributed by atoms with Crippen molar-refractivity contribution in [3.63, 3.8) is 0 Å². The Balaban J connectivity index is 2.34. The van der Waals surface area contributed by atoms with Gasteiger partial charge in [-0.25, -0.2) is 0 Å². The number of carboxylic acids is 1. The molecule has 158 valence electrons. The van der Waals surface area contributed by atoms with Gasteiger partial charge in [0, 0.05) is 12.8 Å². The Morgan fingerprint density at radius 3 is 2.54 bits per heavy atom. The molecule has 0 amide bonds. The number of carboxylic acid groups (broad SMARTS) is 1. The summed E-state index contributed by atoms with van der Waals surface area (Å²) in [5.74, 6) is -0.849. The number of aliphatic carboxylic acids is 1. The highest BCUT2D eigenvalue weighted by molar-refractivity contribution is 5.66. The summed E-state index contributed by atoms with van der Waals surface area (Å²) in [5.41, 5.74) is 0. The predicted molar refractivity (Wildman–Crippen MR) is 109 cm³/mol. The lowest BCUT2D eigenvalue weighted by molar-refractivity contribution is -0.136. The zero-order chi connectivity index (χ0) is 20.8. The Morgan fingerprint density at radius 1 is 1.11 bits per heavy atom. The summed E-state index contributed by atoms with van der Waals surface area (Å²) in [6.07, 6.45) is 15.1. The zero-order valence-electron chi connectivity index (χ0n) is 16.6. The first kappa shape index (κ1) is 24.3. The first-order chi connectivity index (χ1) is 13.4. The maximum atomic E-state index is 10.4. The molecule has 4 N–H and O–H groups in total. The molecule has 6 nitrogen and oxygen atoms in total. The second kappa shape index (κ2) is 14.3. The monoisotopic (exact) mass is 394 g/mol. The normalized spacial score (nSPS) is 25.5. The molecule has 1 fully saturated rings. The number of hydrogen-bond acceptors (Lipinski definition) is 5. The molecular weight excluding hydrogens is 360 g/mol. The number of aliphatic hydroxyl groups is 3. The van der Waals surface area contributed by atoms with Gasteiger partial charge in [-0.05, 0) is 32.1 Å². The molecule has 0 aromatic heterocycles. The van der Waals surface area contributed by atoms with E-state index < -0.39 is 36.5 Å². The van der Waals surface area contributed by atoms with Crippen LogP contribution in [-0.2, 0) is 9.53 Å². The zero-order valence-corrected chi connectivity index (χ0v) is 16.6. The van der Waals surface area contributed by atoms with Crippen LogP contribution in [0.2, 0.25) is 0 Å². The number of rotatable bonds is 13. The SMILES string of the molecule is CC/C=C\C/C=C\C[C@@H](O)[C@@H]1C[C@@H](O)[C@H](/C=C/[C@@H](O)C/C=C\CCC(=O)O)O1. The maximum absolute atomic E-state index is 10.4. The molecule has 0 aromatic carbocycles. The summed E-state index contributed by atoms with van der Waals surface area (Å²) >= 11 is 0. The van der Waals surface area contributed by atoms with Gasteiger partial charge in [0.15, 0.2) is 0 Å². The van der Waals surface area contributed by atoms with E-state index in [0.29, 0.717) is 25.7 Å². The molecule has 28 heavy (non-hydrogen) atoms. The number of ether oxygens (including phenoxy) is 1. The Bertz CT molecular complexity index is 551. The molecule has 0 saturated carbocycles. The molecular formula is C22H34O6. The molecule has 1 saturated heterocycles. The molecule has 1 rings (SSSR count). The van der Waals surface area contributed by atoms with Gasteiger partial charge in [0.2, 0.25) is 0 Å². The standard InChI is InChI=1S/C22H34O6/c1-2-3-4-5-6-9-12-18(24)21-16-19(25)20(28-21)15-14-17(23)11-8-7-10-13-22(26)27/h3-4,6-9,14-15,17-21,23-25H,2,5,10-13,16H2,1H3,(H,26,27)/b4-3-,8-7-,9-6-,15-14+/t17-,18+,19+,20-,21-/m0/s1. The Kier molecular flexibility index (Phi) is 12.4. The number of hydrogen-bond donors (Lipinski definition) is 4. The van der Waals surface area contributed by atoms with Gasteiger partial charge in [0.25, 0.3) is 0 Å². The van der Waals surface area contributed by atoms with Crippen molar-refractivity contribution in [3.05, 3.63) is 48.6 Å². The summed E-state index contributed by atoms with van der Waals surface area (Å²) < 4.78 is 5.72. The summed E-state index contributed by atoms with van der Waals surface area (Å²) in [6.45, 7) is 2.08. The third kappa shape index (κ3) is 10.6. The lowest BCUT2D eigenvalue weighted by Crippen LogP contribution is -2.25. The van der Waals surface area contributed by atoms with Crippen molar-refractivity contribution in [1.82, 2.24) is 0 Å². The van der Waals surface area contributed by atoms with E-state index >= 15 is 0 Å². The van der Waals surface area contributed by atoms with E-state index in [9.17, 15) is 20.1 Å². The van der Waals surface area contributed by atoms with E-state index in [0.717, 1.165) is 12.8 Å². The first-order valence-corrected chi connectivity index (χ1v) is 9.98. The summed E-state index contributed by atoms with van der Waals surface area (Å²) in [7, 11) is 0. The minimum absolute atomic E-state index is 0.0683. The highest BCUT2D eigenvalue weighted by Crippen LogP contribution is 2.25. The second-order valence-electron chi connectivity index (χ2n) is 6.92. The lowest BCUT2D eigenvalue weighted by atomic mass is 10.0. The van der Waals surface area contributed by atoms with Gasteiger partial charge in [0.05, 0.1) is 24.4 Å².